The van der Waals surface area contributed by atoms with Crippen LogP contribution < -0.4 is 14.8 Å². The molecule has 0 bridgehead atoms. The first-order valence-corrected chi connectivity index (χ1v) is 15.8. The summed E-state index contributed by atoms with van der Waals surface area (Å²) < 4.78 is 81.7. The molecule has 2 aromatic heterocycles. The van der Waals surface area contributed by atoms with Gasteiger partial charge in [0.1, 0.15) is 23.3 Å². The number of halogens is 5. The second kappa shape index (κ2) is 12.3. The predicted molar refractivity (Wildman–Crippen MR) is 146 cm³/mol. The number of benzene rings is 1. The quantitative estimate of drug-likeness (QED) is 0.251. The van der Waals surface area contributed by atoms with Crippen LogP contribution in [-0.2, 0) is 23.2 Å². The third-order valence-electron chi connectivity index (χ3n) is 6.90. The largest absolute Gasteiger partial charge is 0.382 e. The molecule has 1 aromatic carbocycles. The molecular formula is C25H27ClF4N6O3S2. The van der Waals surface area contributed by atoms with Crippen LogP contribution in [0.3, 0.4) is 0 Å². The van der Waals surface area contributed by atoms with Crippen molar-refractivity contribution >= 4 is 39.3 Å². The summed E-state index contributed by atoms with van der Waals surface area (Å²) in [5, 5.41) is 13.8. The Labute approximate surface area is 243 Å². The molecule has 2 aliphatic rings. The van der Waals surface area contributed by atoms with Gasteiger partial charge in [-0.2, -0.15) is 13.5 Å². The fourth-order valence-corrected chi connectivity index (χ4v) is 6.59. The van der Waals surface area contributed by atoms with Crippen LogP contribution in [0.5, 0.6) is 5.75 Å². The number of likely N-dealkylation sites (tertiary alicyclic amines) is 1. The Morgan fingerprint density at radius 3 is 2.46 bits per heavy atom. The van der Waals surface area contributed by atoms with Gasteiger partial charge in [0.15, 0.2) is 0 Å². The molecule has 2 aliphatic heterocycles. The van der Waals surface area contributed by atoms with Gasteiger partial charge < -0.3 is 9.08 Å². The lowest BCUT2D eigenvalue weighted by molar-refractivity contribution is 0.143. The summed E-state index contributed by atoms with van der Waals surface area (Å²) in [5.74, 6) is 0.437. The first-order valence-electron chi connectivity index (χ1n) is 12.7. The van der Waals surface area contributed by atoms with Gasteiger partial charge in [-0.3, -0.25) is 10.6 Å². The fraction of sp³-hybridized carbons (Fsp3) is 0.440. The lowest BCUT2D eigenvalue weighted by atomic mass is 9.98. The van der Waals surface area contributed by atoms with Crippen LogP contribution in [0.25, 0.3) is 6.20 Å². The van der Waals surface area contributed by atoms with Gasteiger partial charge in [0.25, 0.3) is 12.9 Å². The summed E-state index contributed by atoms with van der Waals surface area (Å²) in [4.78, 5) is 6.80. The standard InChI is InChI=1S/C25H27ClF4N6O3S2/c1-41(37,38)39-21-3-2-17(26)15-11-31-24(32-12-16(15)21)19-13-40-25(33-19)14-4-6-35(7-5-14)8-9-36-20(23(29)30)10-18(34-36)22(27)28/h2-3,8-10,13-14,22-24,31-32H,4-7,11-12H2,1H3. The number of alkyl halides is 4. The van der Waals surface area contributed by atoms with Gasteiger partial charge in [-0.25, -0.2) is 27.2 Å². The maximum atomic E-state index is 13.2. The van der Waals surface area contributed by atoms with Crippen LogP contribution in [0.15, 0.2) is 29.8 Å². The van der Waals surface area contributed by atoms with Crippen LogP contribution in [0, 0.1) is 0 Å². The van der Waals surface area contributed by atoms with E-state index >= 15 is 0 Å². The Balaban J connectivity index is 1.20. The van der Waals surface area contributed by atoms with Crippen molar-refractivity contribution in [2.75, 3.05) is 19.3 Å². The van der Waals surface area contributed by atoms with Gasteiger partial charge in [0.05, 0.1) is 17.0 Å². The first-order chi connectivity index (χ1) is 19.5. The first kappa shape index (κ1) is 29.8. The molecule has 0 amide bonds. The Morgan fingerprint density at radius 2 is 1.80 bits per heavy atom. The monoisotopic (exact) mass is 634 g/mol. The topological polar surface area (TPSA) is 101 Å². The Bertz CT molecular complexity index is 1520. The summed E-state index contributed by atoms with van der Waals surface area (Å²) in [7, 11) is -3.71. The molecule has 1 atom stereocenters. The zero-order chi connectivity index (χ0) is 29.3. The number of fused-ring (bicyclic) bond motifs is 1. The number of thiazole rings is 1. The van der Waals surface area contributed by atoms with Crippen molar-refractivity contribution in [3.05, 3.63) is 68.0 Å². The highest BCUT2D eigenvalue weighted by atomic mass is 35.5. The Kier molecular flexibility index (Phi) is 8.90. The maximum Gasteiger partial charge on any atom is 0.306 e. The van der Waals surface area contributed by atoms with Crippen molar-refractivity contribution in [2.45, 2.75) is 50.9 Å². The second-order valence-corrected chi connectivity index (χ2v) is 12.6. The van der Waals surface area contributed by atoms with E-state index in [-0.39, 0.29) is 17.8 Å². The summed E-state index contributed by atoms with van der Waals surface area (Å²) in [6, 6.07) is 3.87. The molecule has 41 heavy (non-hydrogen) atoms. The van der Waals surface area contributed by atoms with E-state index in [0.717, 1.165) is 46.1 Å². The third kappa shape index (κ3) is 7.02. The molecular weight excluding hydrogens is 608 g/mol. The van der Waals surface area contributed by atoms with Crippen molar-refractivity contribution in [3.8, 4) is 5.75 Å². The molecule has 0 radical (unpaired) electrons. The minimum atomic E-state index is -3.71. The van der Waals surface area contributed by atoms with Crippen LogP contribution in [-0.4, -0.2) is 47.4 Å². The summed E-state index contributed by atoms with van der Waals surface area (Å²) in [5.41, 5.74) is 0.951. The molecule has 16 heteroatoms. The normalized spacial score (nSPS) is 18.8. The fourth-order valence-electron chi connectivity index (χ4n) is 4.85. The van der Waals surface area contributed by atoms with E-state index in [2.05, 4.69) is 15.7 Å². The van der Waals surface area contributed by atoms with Gasteiger partial charge in [-0.05, 0) is 36.6 Å². The van der Waals surface area contributed by atoms with Crippen molar-refractivity contribution in [1.29, 1.82) is 0 Å². The number of rotatable bonds is 8. The molecule has 9 nitrogen and oxygen atoms in total. The molecule has 2 N–H and O–H groups in total. The summed E-state index contributed by atoms with van der Waals surface area (Å²) in [6.45, 7) is 1.98. The number of aromatic nitrogens is 3. The molecule has 4 heterocycles. The number of hydrogen-bond donors (Lipinski definition) is 2. The van der Waals surface area contributed by atoms with Gasteiger partial charge >= 0.3 is 10.1 Å². The summed E-state index contributed by atoms with van der Waals surface area (Å²) in [6.07, 6.45) is -0.714. The molecule has 0 aliphatic carbocycles. The average Bonchev–Trinajstić information content (AvgIpc) is 3.52. The molecule has 5 rings (SSSR count). The number of nitrogens with one attached hydrogen (secondary N) is 2. The lowest BCUT2D eigenvalue weighted by Gasteiger charge is -2.30. The smallest absolute Gasteiger partial charge is 0.306 e. The van der Waals surface area contributed by atoms with E-state index in [1.165, 1.54) is 6.20 Å². The second-order valence-electron chi connectivity index (χ2n) is 9.74. The van der Waals surface area contributed by atoms with E-state index < -0.39 is 34.4 Å². The van der Waals surface area contributed by atoms with Crippen LogP contribution in [0.4, 0.5) is 17.6 Å². The average molecular weight is 635 g/mol. The Hall–Kier alpha value is -2.72. The molecule has 0 spiro atoms. The zero-order valence-corrected chi connectivity index (χ0v) is 24.1. The van der Waals surface area contributed by atoms with E-state index in [9.17, 15) is 26.0 Å². The van der Waals surface area contributed by atoms with E-state index in [4.69, 9.17) is 20.8 Å². The Morgan fingerprint density at radius 1 is 1.10 bits per heavy atom. The van der Waals surface area contributed by atoms with Crippen molar-refractivity contribution in [2.24, 2.45) is 0 Å². The molecule has 1 unspecified atom stereocenters. The van der Waals surface area contributed by atoms with E-state index in [1.54, 1.807) is 29.7 Å². The number of piperidine rings is 1. The maximum absolute atomic E-state index is 13.2. The number of nitrogens with zero attached hydrogens (tertiary/aromatic N) is 4. The van der Waals surface area contributed by atoms with E-state index in [0.29, 0.717) is 36.8 Å². The molecule has 0 saturated carbocycles. The zero-order valence-electron chi connectivity index (χ0n) is 21.7. The highest BCUT2D eigenvalue weighted by Gasteiger charge is 2.27. The predicted octanol–water partition coefficient (Wildman–Crippen LogP) is 5.41. The number of hydrogen-bond acceptors (Lipinski definition) is 9. The van der Waals surface area contributed by atoms with Crippen LogP contribution >= 0.6 is 22.9 Å². The van der Waals surface area contributed by atoms with Crippen molar-refractivity contribution in [3.63, 3.8) is 0 Å². The van der Waals surface area contributed by atoms with Gasteiger partial charge in [0.2, 0.25) is 0 Å². The van der Waals surface area contributed by atoms with Crippen LogP contribution in [0.1, 0.15) is 71.0 Å². The SMILES string of the molecule is CS(=O)(=O)Oc1ccc(Cl)c2c1CNC(c1csc(C3CCN(C=Cn4nc(C(F)F)cc4C(F)F)CC3)n1)NC2. The van der Waals surface area contributed by atoms with Crippen molar-refractivity contribution in [1.82, 2.24) is 30.3 Å². The highest BCUT2D eigenvalue weighted by molar-refractivity contribution is 7.86. The van der Waals surface area contributed by atoms with Gasteiger partial charge in [-0.1, -0.05) is 11.6 Å². The van der Waals surface area contributed by atoms with Gasteiger partial charge in [-0.15, -0.1) is 11.3 Å². The minimum Gasteiger partial charge on any atom is -0.382 e. The third-order valence-corrected chi connectivity index (χ3v) is 8.76. The summed E-state index contributed by atoms with van der Waals surface area (Å²) >= 11 is 7.95. The molecule has 1 saturated heterocycles. The van der Waals surface area contributed by atoms with Crippen molar-refractivity contribution < 1.29 is 30.2 Å². The molecule has 3 aromatic rings. The van der Waals surface area contributed by atoms with Gasteiger partial charge in [0, 0.05) is 60.5 Å². The van der Waals surface area contributed by atoms with Crippen LogP contribution in [0.2, 0.25) is 5.02 Å². The molecule has 222 valence electrons. The van der Waals surface area contributed by atoms with E-state index in [1.807, 2.05) is 10.3 Å². The highest BCUT2D eigenvalue weighted by Crippen LogP contribution is 2.35. The lowest BCUT2D eigenvalue weighted by Crippen LogP contribution is -2.31. The minimum absolute atomic E-state index is 0.206. The molecule has 1 fully saturated rings.